The van der Waals surface area contributed by atoms with Gasteiger partial charge in [0.2, 0.25) is 0 Å². The minimum atomic E-state index is -3.95. The van der Waals surface area contributed by atoms with Crippen LogP contribution in [0, 0.1) is 0 Å². The summed E-state index contributed by atoms with van der Waals surface area (Å²) in [5.74, 6) is -0.333. The highest BCUT2D eigenvalue weighted by molar-refractivity contribution is 7.87. The highest BCUT2D eigenvalue weighted by Crippen LogP contribution is 2.46. The number of hydrogen-bond donors (Lipinski definition) is 1. The summed E-state index contributed by atoms with van der Waals surface area (Å²) in [6.07, 6.45) is 8.56. The van der Waals surface area contributed by atoms with Crippen LogP contribution in [0.1, 0.15) is 65.9 Å². The second-order valence-corrected chi connectivity index (χ2v) is 13.5. The van der Waals surface area contributed by atoms with Crippen LogP contribution in [-0.2, 0) is 26.3 Å². The molecule has 2 aliphatic heterocycles. The number of ether oxygens (including phenoxy) is 1. The van der Waals surface area contributed by atoms with E-state index in [0.29, 0.717) is 44.3 Å². The Bertz CT molecular complexity index is 1660. The number of carbonyl (C=O) groups is 2. The Morgan fingerprint density at radius 2 is 1.76 bits per heavy atom. The van der Waals surface area contributed by atoms with Gasteiger partial charge in [0.1, 0.15) is 0 Å². The number of amides is 2. The molecule has 2 fully saturated rings. The largest absolute Gasteiger partial charge is 0.380 e. The van der Waals surface area contributed by atoms with Crippen LogP contribution in [-0.4, -0.2) is 74.4 Å². The Labute approximate surface area is 247 Å². The van der Waals surface area contributed by atoms with E-state index in [-0.39, 0.29) is 11.5 Å². The van der Waals surface area contributed by atoms with Crippen LogP contribution in [0.4, 0.5) is 0 Å². The Balaban J connectivity index is 1.53. The predicted octanol–water partition coefficient (Wildman–Crippen LogP) is 4.54. The van der Waals surface area contributed by atoms with E-state index in [1.54, 1.807) is 12.1 Å². The first-order valence-electron chi connectivity index (χ1n) is 14.8. The van der Waals surface area contributed by atoms with Crippen LogP contribution in [0.2, 0.25) is 0 Å². The highest BCUT2D eigenvalue weighted by atomic mass is 32.2. The van der Waals surface area contributed by atoms with Gasteiger partial charge < -0.3 is 14.2 Å². The maximum absolute atomic E-state index is 14.0. The Morgan fingerprint density at radius 3 is 2.55 bits per heavy atom. The van der Waals surface area contributed by atoms with Gasteiger partial charge in [0, 0.05) is 61.4 Å². The second kappa shape index (κ2) is 11.7. The smallest absolute Gasteiger partial charge is 0.303 e. The minimum absolute atomic E-state index is 0.00445. The standard InChI is InChI=1S/C32H38N4O5S/c1-34(2)42(39,40)33-31(37)24-13-14-27-28(20-24)36-21-25(32(38)35-15-8-17-41-18-16-35)19-23-11-6-7-12-26(23)30(36)29(27)22-9-4-3-5-10-22/h6-7,11-14,19-20,22H,3-5,8-10,15-18,21H2,1-2H3,(H,33,37). The van der Waals surface area contributed by atoms with Crippen LogP contribution in [0.3, 0.4) is 0 Å². The summed E-state index contributed by atoms with van der Waals surface area (Å²) in [4.78, 5) is 29.0. The maximum Gasteiger partial charge on any atom is 0.303 e. The third-order valence-electron chi connectivity index (χ3n) is 8.74. The normalized spacial score (nSPS) is 18.2. The Hall–Kier alpha value is -3.47. The quantitative estimate of drug-likeness (QED) is 0.470. The van der Waals surface area contributed by atoms with E-state index in [0.717, 1.165) is 51.3 Å². The summed E-state index contributed by atoms with van der Waals surface area (Å²) in [7, 11) is -1.20. The van der Waals surface area contributed by atoms with Crippen molar-refractivity contribution >= 4 is 39.0 Å². The van der Waals surface area contributed by atoms with Gasteiger partial charge >= 0.3 is 10.2 Å². The van der Waals surface area contributed by atoms with Gasteiger partial charge in [-0.05, 0) is 54.5 Å². The van der Waals surface area contributed by atoms with Gasteiger partial charge in [-0.15, -0.1) is 0 Å². The van der Waals surface area contributed by atoms with Crippen LogP contribution in [0.15, 0.2) is 48.0 Å². The molecule has 1 saturated carbocycles. The third kappa shape index (κ3) is 5.39. The zero-order chi connectivity index (χ0) is 29.4. The number of benzene rings is 2. The molecule has 1 saturated heterocycles. The number of fused-ring (bicyclic) bond motifs is 5. The van der Waals surface area contributed by atoms with Crippen LogP contribution < -0.4 is 4.72 Å². The molecule has 9 nitrogen and oxygen atoms in total. The molecule has 10 heteroatoms. The molecule has 6 rings (SSSR count). The summed E-state index contributed by atoms with van der Waals surface area (Å²) in [5.41, 5.74) is 6.18. The molecule has 2 amide bonds. The number of nitrogens with zero attached hydrogens (tertiary/aromatic N) is 3. The molecule has 2 aromatic carbocycles. The van der Waals surface area contributed by atoms with Crippen molar-refractivity contribution in [2.75, 3.05) is 40.4 Å². The number of hydrogen-bond acceptors (Lipinski definition) is 5. The molecule has 0 atom stereocenters. The van der Waals surface area contributed by atoms with Crippen LogP contribution in [0.25, 0.3) is 28.2 Å². The monoisotopic (exact) mass is 590 g/mol. The summed E-state index contributed by atoms with van der Waals surface area (Å²) in [5, 5.41) is 1.05. The average Bonchev–Trinajstić information content (AvgIpc) is 3.16. The summed E-state index contributed by atoms with van der Waals surface area (Å²) in [6, 6.07) is 13.7. The SMILES string of the molecule is CN(C)S(=O)(=O)NC(=O)c1ccc2c(C3CCCCC3)c3n(c2c1)CC(C(=O)N1CCCOCC1)=Cc1ccccc1-3. The molecule has 0 bridgehead atoms. The molecule has 0 radical (unpaired) electrons. The molecule has 222 valence electrons. The predicted molar refractivity (Wildman–Crippen MR) is 163 cm³/mol. The van der Waals surface area contributed by atoms with E-state index in [9.17, 15) is 18.0 Å². The molecule has 3 heterocycles. The molecule has 1 aliphatic carbocycles. The van der Waals surface area contributed by atoms with Gasteiger partial charge in [0.25, 0.3) is 11.8 Å². The Morgan fingerprint density at radius 1 is 0.976 bits per heavy atom. The number of carbonyl (C=O) groups excluding carboxylic acids is 2. The lowest BCUT2D eigenvalue weighted by molar-refractivity contribution is -0.127. The molecule has 0 unspecified atom stereocenters. The number of nitrogens with one attached hydrogen (secondary N) is 1. The molecular weight excluding hydrogens is 552 g/mol. The van der Waals surface area contributed by atoms with Crippen molar-refractivity contribution in [3.8, 4) is 11.3 Å². The van der Waals surface area contributed by atoms with E-state index >= 15 is 0 Å². The Kier molecular flexibility index (Phi) is 7.95. The average molecular weight is 591 g/mol. The van der Waals surface area contributed by atoms with Gasteiger partial charge in [0.15, 0.2) is 0 Å². The van der Waals surface area contributed by atoms with Crippen molar-refractivity contribution < 1.29 is 22.7 Å². The summed E-state index contributed by atoms with van der Waals surface area (Å²) < 4.78 is 35.8. The first-order valence-corrected chi connectivity index (χ1v) is 16.3. The lowest BCUT2D eigenvalue weighted by Gasteiger charge is -2.24. The van der Waals surface area contributed by atoms with Crippen molar-refractivity contribution in [2.24, 2.45) is 0 Å². The van der Waals surface area contributed by atoms with Gasteiger partial charge in [-0.2, -0.15) is 12.7 Å². The fourth-order valence-electron chi connectivity index (χ4n) is 6.57. The zero-order valence-electron chi connectivity index (χ0n) is 24.3. The highest BCUT2D eigenvalue weighted by Gasteiger charge is 2.31. The van der Waals surface area contributed by atoms with E-state index in [4.69, 9.17) is 4.74 Å². The van der Waals surface area contributed by atoms with Crippen molar-refractivity contribution in [1.29, 1.82) is 0 Å². The number of rotatable bonds is 5. The van der Waals surface area contributed by atoms with Gasteiger partial charge in [-0.25, -0.2) is 4.72 Å². The molecular formula is C32H38N4O5S. The van der Waals surface area contributed by atoms with Gasteiger partial charge in [0.05, 0.1) is 18.8 Å². The summed E-state index contributed by atoms with van der Waals surface area (Å²) >= 11 is 0. The molecule has 3 aliphatic rings. The van der Waals surface area contributed by atoms with Crippen molar-refractivity contribution in [2.45, 2.75) is 51.0 Å². The van der Waals surface area contributed by atoms with Crippen LogP contribution in [0.5, 0.6) is 0 Å². The molecule has 3 aromatic rings. The van der Waals surface area contributed by atoms with E-state index in [1.165, 1.54) is 38.9 Å². The zero-order valence-corrected chi connectivity index (χ0v) is 25.1. The van der Waals surface area contributed by atoms with E-state index < -0.39 is 16.1 Å². The van der Waals surface area contributed by atoms with Crippen molar-refractivity contribution in [3.63, 3.8) is 0 Å². The first kappa shape index (κ1) is 28.6. The maximum atomic E-state index is 14.0. The number of aromatic nitrogens is 1. The molecule has 42 heavy (non-hydrogen) atoms. The van der Waals surface area contributed by atoms with Gasteiger partial charge in [-0.1, -0.05) is 49.6 Å². The molecule has 1 N–H and O–H groups in total. The topological polar surface area (TPSA) is 101 Å². The van der Waals surface area contributed by atoms with E-state index in [2.05, 4.69) is 21.4 Å². The lowest BCUT2D eigenvalue weighted by Crippen LogP contribution is -2.39. The van der Waals surface area contributed by atoms with Crippen LogP contribution >= 0.6 is 0 Å². The van der Waals surface area contributed by atoms with E-state index in [1.807, 2.05) is 29.2 Å². The summed E-state index contributed by atoms with van der Waals surface area (Å²) in [6.45, 7) is 2.72. The van der Waals surface area contributed by atoms with Crippen molar-refractivity contribution in [3.05, 3.63) is 64.7 Å². The first-order chi connectivity index (χ1) is 20.2. The van der Waals surface area contributed by atoms with Gasteiger partial charge in [-0.3, -0.25) is 9.59 Å². The molecule has 0 spiro atoms. The van der Waals surface area contributed by atoms with Crippen molar-refractivity contribution in [1.82, 2.24) is 18.5 Å². The lowest BCUT2D eigenvalue weighted by atomic mass is 9.81. The fourth-order valence-corrected chi connectivity index (χ4v) is 7.10. The third-order valence-corrected chi connectivity index (χ3v) is 10.1. The second-order valence-electron chi connectivity index (χ2n) is 11.6. The minimum Gasteiger partial charge on any atom is -0.380 e. The fraction of sp³-hybridized carbons (Fsp3) is 0.438. The molecule has 1 aromatic heterocycles.